The number of nitrogens with one attached hydrogen (secondary N) is 1. The van der Waals surface area contributed by atoms with Crippen LogP contribution in [0.25, 0.3) is 11.1 Å². The molecule has 1 atom stereocenters. The van der Waals surface area contributed by atoms with Gasteiger partial charge < -0.3 is 11.1 Å². The Kier molecular flexibility index (Phi) is 5.34. The fourth-order valence-corrected chi connectivity index (χ4v) is 2.57. The third-order valence-electron chi connectivity index (χ3n) is 3.92. The van der Waals surface area contributed by atoms with Crippen LogP contribution in [0.2, 0.25) is 0 Å². The molecule has 3 rings (SSSR count). The fourth-order valence-electron chi connectivity index (χ4n) is 2.57. The second kappa shape index (κ2) is 7.84. The van der Waals surface area contributed by atoms with Crippen molar-refractivity contribution in [1.82, 2.24) is 4.98 Å². The summed E-state index contributed by atoms with van der Waals surface area (Å²) < 4.78 is 26.2. The molecule has 0 saturated carbocycles. The zero-order valence-electron chi connectivity index (χ0n) is 13.8. The lowest BCUT2D eigenvalue weighted by Crippen LogP contribution is -2.37. The maximum absolute atomic E-state index is 13.3. The highest BCUT2D eigenvalue weighted by molar-refractivity contribution is 5.95. The van der Waals surface area contributed by atoms with Gasteiger partial charge in [0.2, 0.25) is 5.91 Å². The highest BCUT2D eigenvalue weighted by Gasteiger charge is 2.15. The first-order valence-corrected chi connectivity index (χ1v) is 8.04. The Morgan fingerprint density at radius 3 is 2.50 bits per heavy atom. The molecule has 132 valence electrons. The van der Waals surface area contributed by atoms with Gasteiger partial charge in [0.1, 0.15) is 0 Å². The third kappa shape index (κ3) is 4.29. The van der Waals surface area contributed by atoms with E-state index in [1.807, 2.05) is 30.3 Å². The van der Waals surface area contributed by atoms with E-state index in [1.165, 1.54) is 6.07 Å². The Labute approximate surface area is 149 Å². The van der Waals surface area contributed by atoms with Gasteiger partial charge in [0.25, 0.3) is 0 Å². The molecule has 0 fully saturated rings. The molecule has 6 heteroatoms. The van der Waals surface area contributed by atoms with E-state index in [2.05, 4.69) is 10.3 Å². The van der Waals surface area contributed by atoms with Crippen LogP contribution >= 0.6 is 0 Å². The van der Waals surface area contributed by atoms with Crippen molar-refractivity contribution in [3.05, 3.63) is 84.2 Å². The van der Waals surface area contributed by atoms with Crippen LogP contribution < -0.4 is 11.1 Å². The standard InChI is InChI=1S/C20H17F2N3O/c21-17-5-4-13(10-18(17)22)11-19(23)20(26)25-16-3-1-2-15(12-16)14-6-8-24-9-7-14/h1-10,12,19H,11,23H2,(H,25,26). The highest BCUT2D eigenvalue weighted by Crippen LogP contribution is 2.22. The monoisotopic (exact) mass is 353 g/mol. The van der Waals surface area contributed by atoms with Crippen molar-refractivity contribution in [2.45, 2.75) is 12.5 Å². The lowest BCUT2D eigenvalue weighted by atomic mass is 10.0. The van der Waals surface area contributed by atoms with Crippen LogP contribution in [0, 0.1) is 11.6 Å². The predicted molar refractivity (Wildman–Crippen MR) is 96.3 cm³/mol. The first-order chi connectivity index (χ1) is 12.5. The van der Waals surface area contributed by atoms with Crippen molar-refractivity contribution in [3.8, 4) is 11.1 Å². The van der Waals surface area contributed by atoms with Crippen molar-refractivity contribution in [2.75, 3.05) is 5.32 Å². The second-order valence-corrected chi connectivity index (χ2v) is 5.87. The summed E-state index contributed by atoms with van der Waals surface area (Å²) in [5, 5.41) is 2.75. The average Bonchev–Trinajstić information content (AvgIpc) is 2.65. The molecule has 3 aromatic rings. The van der Waals surface area contributed by atoms with Crippen LogP contribution in [0.4, 0.5) is 14.5 Å². The molecule has 0 aliphatic heterocycles. The van der Waals surface area contributed by atoms with Crippen LogP contribution in [-0.4, -0.2) is 16.9 Å². The van der Waals surface area contributed by atoms with Crippen molar-refractivity contribution in [3.63, 3.8) is 0 Å². The lowest BCUT2D eigenvalue weighted by Gasteiger charge is -2.13. The summed E-state index contributed by atoms with van der Waals surface area (Å²) in [6.07, 6.45) is 3.49. The van der Waals surface area contributed by atoms with E-state index in [-0.39, 0.29) is 6.42 Å². The topological polar surface area (TPSA) is 68.0 Å². The quantitative estimate of drug-likeness (QED) is 0.737. The third-order valence-corrected chi connectivity index (χ3v) is 3.92. The second-order valence-electron chi connectivity index (χ2n) is 5.87. The lowest BCUT2D eigenvalue weighted by molar-refractivity contribution is -0.117. The van der Waals surface area contributed by atoms with E-state index in [0.29, 0.717) is 11.3 Å². The molecule has 0 radical (unpaired) electrons. The minimum absolute atomic E-state index is 0.104. The first kappa shape index (κ1) is 17.7. The van der Waals surface area contributed by atoms with Gasteiger partial charge in [-0.3, -0.25) is 9.78 Å². The summed E-state index contributed by atoms with van der Waals surface area (Å²) in [6, 6.07) is 13.7. The number of hydrogen-bond acceptors (Lipinski definition) is 3. The Bertz CT molecular complexity index is 916. The molecule has 0 aliphatic rings. The molecule has 1 amide bonds. The van der Waals surface area contributed by atoms with E-state index in [9.17, 15) is 13.6 Å². The Morgan fingerprint density at radius 2 is 1.77 bits per heavy atom. The Balaban J connectivity index is 1.68. The molecule has 1 heterocycles. The number of rotatable bonds is 5. The van der Waals surface area contributed by atoms with Crippen LogP contribution in [0.1, 0.15) is 5.56 Å². The van der Waals surface area contributed by atoms with E-state index < -0.39 is 23.6 Å². The number of pyridine rings is 1. The number of amides is 1. The van der Waals surface area contributed by atoms with Gasteiger partial charge in [-0.2, -0.15) is 0 Å². The zero-order valence-corrected chi connectivity index (χ0v) is 13.8. The van der Waals surface area contributed by atoms with Gasteiger partial charge in [-0.05, 0) is 59.5 Å². The maximum atomic E-state index is 13.3. The maximum Gasteiger partial charge on any atom is 0.241 e. The van der Waals surface area contributed by atoms with Gasteiger partial charge in [0.15, 0.2) is 11.6 Å². The summed E-state index contributed by atoms with van der Waals surface area (Å²) in [5.41, 5.74) is 8.86. The minimum Gasteiger partial charge on any atom is -0.325 e. The average molecular weight is 353 g/mol. The van der Waals surface area contributed by atoms with Crippen molar-refractivity contribution < 1.29 is 13.6 Å². The number of benzene rings is 2. The number of carbonyl (C=O) groups is 1. The van der Waals surface area contributed by atoms with Gasteiger partial charge in [-0.15, -0.1) is 0 Å². The summed E-state index contributed by atoms with van der Waals surface area (Å²) in [7, 11) is 0. The van der Waals surface area contributed by atoms with Gasteiger partial charge >= 0.3 is 0 Å². The van der Waals surface area contributed by atoms with Gasteiger partial charge in [0.05, 0.1) is 6.04 Å². The molecule has 0 bridgehead atoms. The SMILES string of the molecule is NC(Cc1ccc(F)c(F)c1)C(=O)Nc1cccc(-c2ccncc2)c1. The smallest absolute Gasteiger partial charge is 0.241 e. The Morgan fingerprint density at radius 1 is 1.00 bits per heavy atom. The van der Waals surface area contributed by atoms with Crippen LogP contribution in [0.15, 0.2) is 67.0 Å². The molecular formula is C20H17F2N3O. The normalized spacial score (nSPS) is 11.8. The molecule has 3 N–H and O–H groups in total. The number of carbonyl (C=O) groups excluding carboxylic acids is 1. The molecular weight excluding hydrogens is 336 g/mol. The minimum atomic E-state index is -0.958. The highest BCUT2D eigenvalue weighted by atomic mass is 19.2. The van der Waals surface area contributed by atoms with Crippen LogP contribution in [0.3, 0.4) is 0 Å². The molecule has 2 aromatic carbocycles. The molecule has 1 aromatic heterocycles. The van der Waals surface area contributed by atoms with Crippen LogP contribution in [-0.2, 0) is 11.2 Å². The first-order valence-electron chi connectivity index (χ1n) is 8.04. The summed E-state index contributed by atoms with van der Waals surface area (Å²) in [5.74, 6) is -2.29. The number of hydrogen-bond donors (Lipinski definition) is 2. The molecule has 26 heavy (non-hydrogen) atoms. The van der Waals surface area contributed by atoms with E-state index >= 15 is 0 Å². The molecule has 0 aliphatic carbocycles. The number of nitrogens with zero attached hydrogens (tertiary/aromatic N) is 1. The molecule has 1 unspecified atom stereocenters. The van der Waals surface area contributed by atoms with E-state index in [1.54, 1.807) is 18.5 Å². The number of anilines is 1. The van der Waals surface area contributed by atoms with Gasteiger partial charge in [-0.1, -0.05) is 18.2 Å². The van der Waals surface area contributed by atoms with Crippen molar-refractivity contribution in [1.29, 1.82) is 0 Å². The summed E-state index contributed by atoms with van der Waals surface area (Å²) in [4.78, 5) is 16.3. The summed E-state index contributed by atoms with van der Waals surface area (Å²) >= 11 is 0. The Hall–Kier alpha value is -3.12. The van der Waals surface area contributed by atoms with E-state index in [4.69, 9.17) is 5.73 Å². The van der Waals surface area contributed by atoms with Gasteiger partial charge in [-0.25, -0.2) is 8.78 Å². The molecule has 4 nitrogen and oxygen atoms in total. The predicted octanol–water partition coefficient (Wildman–Crippen LogP) is 3.54. The molecule has 0 saturated heterocycles. The van der Waals surface area contributed by atoms with E-state index in [0.717, 1.165) is 23.3 Å². The van der Waals surface area contributed by atoms with Gasteiger partial charge in [0, 0.05) is 18.1 Å². The number of nitrogens with two attached hydrogens (primary N) is 1. The van der Waals surface area contributed by atoms with Crippen molar-refractivity contribution in [2.24, 2.45) is 5.73 Å². The van der Waals surface area contributed by atoms with Crippen LogP contribution in [0.5, 0.6) is 0 Å². The number of aromatic nitrogens is 1. The van der Waals surface area contributed by atoms with Crippen molar-refractivity contribution >= 4 is 11.6 Å². The summed E-state index contributed by atoms with van der Waals surface area (Å²) in [6.45, 7) is 0. The zero-order chi connectivity index (χ0) is 18.5. The molecule has 0 spiro atoms. The largest absolute Gasteiger partial charge is 0.325 e. The fraction of sp³-hybridized carbons (Fsp3) is 0.100. The number of halogens is 2.